The average Bonchev–Trinajstić information content (AvgIpc) is 3.03. The number of aromatic nitrogens is 3. The molecular formula is C19H17ClN4O2S2. The van der Waals surface area contributed by atoms with Gasteiger partial charge in [-0.1, -0.05) is 29.4 Å². The summed E-state index contributed by atoms with van der Waals surface area (Å²) in [5.41, 5.74) is 3.41. The van der Waals surface area contributed by atoms with E-state index in [4.69, 9.17) is 16.7 Å². The van der Waals surface area contributed by atoms with Crippen LogP contribution in [0.3, 0.4) is 0 Å². The molecule has 0 aliphatic carbocycles. The Morgan fingerprint density at radius 3 is 2.79 bits per heavy atom. The standard InChI is InChI=1S/C19H17ClN4O2S2/c1-2-24-17-8-6-13(28(21,25)26)10-16(17)23-19(24)27-11-12-5-7-15(20)14-4-3-9-22-18(12)14/h3-10H,2,11H2,1H3,(H2,21,25,26). The van der Waals surface area contributed by atoms with Crippen molar-refractivity contribution in [1.82, 2.24) is 14.5 Å². The van der Waals surface area contributed by atoms with Gasteiger partial charge in [0.1, 0.15) is 0 Å². The van der Waals surface area contributed by atoms with Gasteiger partial charge in [-0.15, -0.1) is 0 Å². The van der Waals surface area contributed by atoms with Crippen molar-refractivity contribution in [2.75, 3.05) is 0 Å². The van der Waals surface area contributed by atoms with Gasteiger partial charge in [0.15, 0.2) is 5.16 Å². The number of nitrogens with zero attached hydrogens (tertiary/aromatic N) is 3. The highest BCUT2D eigenvalue weighted by molar-refractivity contribution is 7.98. The number of rotatable bonds is 5. The molecule has 4 aromatic rings. The molecule has 0 spiro atoms. The third-order valence-corrected chi connectivity index (χ3v) is 6.75. The summed E-state index contributed by atoms with van der Waals surface area (Å²) < 4.78 is 25.3. The smallest absolute Gasteiger partial charge is 0.238 e. The minimum atomic E-state index is -3.77. The molecule has 0 atom stereocenters. The molecule has 144 valence electrons. The number of pyridine rings is 1. The predicted molar refractivity (Wildman–Crippen MR) is 113 cm³/mol. The Morgan fingerprint density at radius 2 is 2.04 bits per heavy atom. The van der Waals surface area contributed by atoms with Gasteiger partial charge in [0.25, 0.3) is 0 Å². The first-order chi connectivity index (χ1) is 13.4. The Balaban J connectivity index is 1.71. The zero-order chi connectivity index (χ0) is 19.9. The molecule has 0 saturated carbocycles. The molecule has 0 bridgehead atoms. The molecule has 2 N–H and O–H groups in total. The van der Waals surface area contributed by atoms with Crippen LogP contribution in [0.2, 0.25) is 5.02 Å². The number of hydrogen-bond acceptors (Lipinski definition) is 5. The van der Waals surface area contributed by atoms with E-state index < -0.39 is 10.0 Å². The van der Waals surface area contributed by atoms with Crippen LogP contribution in [0.1, 0.15) is 12.5 Å². The Bertz CT molecular complexity index is 1300. The lowest BCUT2D eigenvalue weighted by Crippen LogP contribution is -2.11. The van der Waals surface area contributed by atoms with E-state index in [2.05, 4.69) is 14.5 Å². The summed E-state index contributed by atoms with van der Waals surface area (Å²) in [5, 5.41) is 7.64. The molecule has 4 rings (SSSR count). The summed E-state index contributed by atoms with van der Waals surface area (Å²) >= 11 is 7.85. The van der Waals surface area contributed by atoms with Gasteiger partial charge >= 0.3 is 0 Å². The molecule has 0 fully saturated rings. The Labute approximate surface area is 171 Å². The van der Waals surface area contributed by atoms with E-state index >= 15 is 0 Å². The topological polar surface area (TPSA) is 90.9 Å². The lowest BCUT2D eigenvalue weighted by atomic mass is 10.1. The number of nitrogens with two attached hydrogens (primary N) is 1. The monoisotopic (exact) mass is 432 g/mol. The number of primary sulfonamides is 1. The van der Waals surface area contributed by atoms with Gasteiger partial charge in [-0.25, -0.2) is 18.5 Å². The number of thioether (sulfide) groups is 1. The van der Waals surface area contributed by atoms with E-state index in [-0.39, 0.29) is 4.90 Å². The summed E-state index contributed by atoms with van der Waals surface area (Å²) in [6.07, 6.45) is 1.75. The molecular weight excluding hydrogens is 416 g/mol. The fraction of sp³-hybridized carbons (Fsp3) is 0.158. The summed E-state index contributed by atoms with van der Waals surface area (Å²) in [6, 6.07) is 12.4. The lowest BCUT2D eigenvalue weighted by Gasteiger charge is -2.08. The lowest BCUT2D eigenvalue weighted by molar-refractivity contribution is 0.598. The van der Waals surface area contributed by atoms with Gasteiger partial charge in [-0.2, -0.15) is 0 Å². The van der Waals surface area contributed by atoms with Crippen LogP contribution in [0.4, 0.5) is 0 Å². The van der Waals surface area contributed by atoms with Crippen molar-refractivity contribution in [3.63, 3.8) is 0 Å². The maximum atomic E-state index is 11.6. The van der Waals surface area contributed by atoms with Crippen LogP contribution in [-0.2, 0) is 22.3 Å². The van der Waals surface area contributed by atoms with Crippen LogP contribution in [-0.4, -0.2) is 23.0 Å². The highest BCUT2D eigenvalue weighted by Crippen LogP contribution is 2.31. The molecule has 2 aromatic carbocycles. The van der Waals surface area contributed by atoms with Crippen molar-refractivity contribution in [1.29, 1.82) is 0 Å². The minimum Gasteiger partial charge on any atom is -0.319 e. The molecule has 0 saturated heterocycles. The number of halogens is 1. The maximum Gasteiger partial charge on any atom is 0.238 e. The van der Waals surface area contributed by atoms with Crippen molar-refractivity contribution in [2.45, 2.75) is 29.3 Å². The number of fused-ring (bicyclic) bond motifs is 2. The predicted octanol–water partition coefficient (Wildman–Crippen LogP) is 4.20. The molecule has 0 amide bonds. The molecule has 9 heteroatoms. The molecule has 2 heterocycles. The SMILES string of the molecule is CCn1c(SCc2ccc(Cl)c3cccnc23)nc2cc(S(N)(=O)=O)ccc21. The minimum absolute atomic E-state index is 0.0604. The van der Waals surface area contributed by atoms with Gasteiger partial charge in [0.2, 0.25) is 10.0 Å². The Hall–Kier alpha value is -2.13. The fourth-order valence-electron chi connectivity index (χ4n) is 3.14. The second kappa shape index (κ2) is 7.36. The highest BCUT2D eigenvalue weighted by Gasteiger charge is 2.15. The van der Waals surface area contributed by atoms with Gasteiger partial charge in [0, 0.05) is 28.9 Å². The first kappa shape index (κ1) is 19.2. The van der Waals surface area contributed by atoms with E-state index in [1.165, 1.54) is 12.1 Å². The molecule has 0 aliphatic heterocycles. The van der Waals surface area contributed by atoms with Crippen molar-refractivity contribution >= 4 is 55.3 Å². The molecule has 0 radical (unpaired) electrons. The second-order valence-electron chi connectivity index (χ2n) is 6.23. The third-order valence-electron chi connectivity index (χ3n) is 4.49. The molecule has 0 aliphatic rings. The number of sulfonamides is 1. The van der Waals surface area contributed by atoms with Gasteiger partial charge in [-0.05, 0) is 48.9 Å². The molecule has 2 aromatic heterocycles. The second-order valence-corrected chi connectivity index (χ2v) is 9.14. The molecule has 6 nitrogen and oxygen atoms in total. The number of hydrogen-bond donors (Lipinski definition) is 1. The average molecular weight is 433 g/mol. The summed E-state index contributed by atoms with van der Waals surface area (Å²) in [5.74, 6) is 0.663. The van der Waals surface area contributed by atoms with Gasteiger partial charge in [-0.3, -0.25) is 4.98 Å². The van der Waals surface area contributed by atoms with Crippen molar-refractivity contribution in [3.8, 4) is 0 Å². The third kappa shape index (κ3) is 3.48. The number of aryl methyl sites for hydroxylation is 1. The van der Waals surface area contributed by atoms with E-state index in [1.54, 1.807) is 24.0 Å². The number of benzene rings is 2. The quantitative estimate of drug-likeness (QED) is 0.477. The van der Waals surface area contributed by atoms with Crippen LogP contribution < -0.4 is 5.14 Å². The van der Waals surface area contributed by atoms with Crippen LogP contribution in [0.15, 0.2) is 58.7 Å². The summed E-state index contributed by atoms with van der Waals surface area (Å²) in [6.45, 7) is 2.74. The van der Waals surface area contributed by atoms with Gasteiger partial charge < -0.3 is 4.57 Å². The number of imidazole rings is 1. The van der Waals surface area contributed by atoms with E-state index in [0.717, 1.165) is 27.1 Å². The van der Waals surface area contributed by atoms with E-state index in [0.29, 0.717) is 22.8 Å². The molecule has 0 unspecified atom stereocenters. The van der Waals surface area contributed by atoms with Crippen molar-refractivity contribution < 1.29 is 8.42 Å². The molecule has 28 heavy (non-hydrogen) atoms. The van der Waals surface area contributed by atoms with Crippen LogP contribution in [0.5, 0.6) is 0 Å². The Kier molecular flexibility index (Phi) is 5.05. The summed E-state index contributed by atoms with van der Waals surface area (Å²) in [4.78, 5) is 9.16. The largest absolute Gasteiger partial charge is 0.319 e. The van der Waals surface area contributed by atoms with Crippen LogP contribution >= 0.6 is 23.4 Å². The highest BCUT2D eigenvalue weighted by atomic mass is 35.5. The normalized spacial score (nSPS) is 12.1. The van der Waals surface area contributed by atoms with E-state index in [9.17, 15) is 8.42 Å². The Morgan fingerprint density at radius 1 is 1.21 bits per heavy atom. The van der Waals surface area contributed by atoms with Crippen LogP contribution in [0, 0.1) is 0 Å². The van der Waals surface area contributed by atoms with Crippen LogP contribution in [0.25, 0.3) is 21.9 Å². The fourth-order valence-corrected chi connectivity index (χ4v) is 4.95. The maximum absolute atomic E-state index is 11.6. The van der Waals surface area contributed by atoms with Crippen molar-refractivity contribution in [3.05, 3.63) is 59.2 Å². The summed E-state index contributed by atoms with van der Waals surface area (Å²) in [7, 11) is -3.77. The first-order valence-corrected chi connectivity index (χ1v) is 11.5. The zero-order valence-corrected chi connectivity index (χ0v) is 17.4. The first-order valence-electron chi connectivity index (χ1n) is 8.56. The van der Waals surface area contributed by atoms with E-state index in [1.807, 2.05) is 31.2 Å². The van der Waals surface area contributed by atoms with Crippen molar-refractivity contribution in [2.24, 2.45) is 5.14 Å². The van der Waals surface area contributed by atoms with Gasteiger partial charge in [0.05, 0.1) is 21.4 Å². The zero-order valence-electron chi connectivity index (χ0n) is 15.0.